The second kappa shape index (κ2) is 11.4. The van der Waals surface area contributed by atoms with Crippen molar-refractivity contribution >= 4 is 11.4 Å². The molecule has 0 spiro atoms. The van der Waals surface area contributed by atoms with Crippen LogP contribution in [0.1, 0.15) is 59.7 Å². The van der Waals surface area contributed by atoms with Gasteiger partial charge in [0.1, 0.15) is 30.0 Å². The van der Waals surface area contributed by atoms with Crippen molar-refractivity contribution in [1.82, 2.24) is 14.4 Å². The van der Waals surface area contributed by atoms with E-state index in [2.05, 4.69) is 9.97 Å². The average Bonchev–Trinajstić information content (AvgIpc) is 3.18. The molecule has 9 heteroatoms. The molecule has 3 heterocycles. The molecule has 2 N–H and O–H groups in total. The summed E-state index contributed by atoms with van der Waals surface area (Å²) in [4.78, 5) is 21.7. The monoisotopic (exact) mass is 497 g/mol. The molecule has 36 heavy (non-hydrogen) atoms. The maximum Gasteiger partial charge on any atom is 0.181 e. The fraction of sp³-hybridized carbons (Fsp3) is 0.296. The molecule has 0 radical (unpaired) electrons. The molecule has 2 atom stereocenters. The number of halogens is 2. The molecule has 0 unspecified atom stereocenters. The molecule has 0 amide bonds. The second-order valence-electron chi connectivity index (χ2n) is 8.28. The van der Waals surface area contributed by atoms with Crippen LogP contribution in [0.5, 0.6) is 5.75 Å². The Hall–Kier alpha value is -3.69. The Labute approximate surface area is 208 Å². The summed E-state index contributed by atoms with van der Waals surface area (Å²) in [6, 6.07) is 8.60. The standard InChI is InChI=1S/C26H25F2N3O4.CH4/c1-15-24(22(33)9-8-17-10-11-29-13-18(17)25(34)16(2)32)31-12-4-7-23(26(31)30-15)35-14-19-20(27)5-3-6-21(19)28;/h3-7,10-13,16,25,32,34H,8-9,14H2,1-2H3;1H4/t16-,25+;/m1./s1. The Morgan fingerprint density at radius 3 is 2.56 bits per heavy atom. The molecule has 7 nitrogen and oxygen atoms in total. The maximum atomic E-state index is 14.0. The van der Waals surface area contributed by atoms with Crippen LogP contribution in [0.15, 0.2) is 55.0 Å². The van der Waals surface area contributed by atoms with Gasteiger partial charge >= 0.3 is 0 Å². The molecular formula is C27H29F2N3O4. The molecule has 0 saturated carbocycles. The summed E-state index contributed by atoms with van der Waals surface area (Å²) in [5.74, 6) is -1.30. The van der Waals surface area contributed by atoms with Crippen LogP contribution in [-0.2, 0) is 13.0 Å². The lowest BCUT2D eigenvalue weighted by Crippen LogP contribution is -2.16. The number of pyridine rings is 2. The minimum absolute atomic E-state index is 0. The van der Waals surface area contributed by atoms with Crippen LogP contribution in [0, 0.1) is 18.6 Å². The molecular weight excluding hydrogens is 468 g/mol. The number of aliphatic hydroxyl groups excluding tert-OH is 2. The fourth-order valence-electron chi connectivity index (χ4n) is 3.98. The van der Waals surface area contributed by atoms with Gasteiger partial charge < -0.3 is 14.9 Å². The second-order valence-corrected chi connectivity index (χ2v) is 8.28. The van der Waals surface area contributed by atoms with E-state index in [-0.39, 0.29) is 37.6 Å². The number of hydrogen-bond donors (Lipinski definition) is 2. The van der Waals surface area contributed by atoms with Gasteiger partial charge in [0.25, 0.3) is 0 Å². The molecule has 0 aliphatic carbocycles. The number of nitrogens with zero attached hydrogens (tertiary/aromatic N) is 3. The van der Waals surface area contributed by atoms with Gasteiger partial charge in [0.15, 0.2) is 17.2 Å². The summed E-state index contributed by atoms with van der Waals surface area (Å²) in [6.07, 6.45) is 3.10. The van der Waals surface area contributed by atoms with Crippen LogP contribution < -0.4 is 4.74 Å². The smallest absolute Gasteiger partial charge is 0.181 e. The number of imidazole rings is 1. The minimum Gasteiger partial charge on any atom is -0.485 e. The first-order valence-corrected chi connectivity index (χ1v) is 11.1. The van der Waals surface area contributed by atoms with E-state index in [1.807, 2.05) is 0 Å². The molecule has 0 bridgehead atoms. The molecule has 4 rings (SSSR count). The number of benzene rings is 1. The normalized spacial score (nSPS) is 12.7. The highest BCUT2D eigenvalue weighted by atomic mass is 19.1. The number of Topliss-reactive ketones (excluding diaryl/α,β-unsaturated/α-hetero) is 1. The lowest BCUT2D eigenvalue weighted by Gasteiger charge is -2.17. The zero-order valence-corrected chi connectivity index (χ0v) is 19.3. The first kappa shape index (κ1) is 26.9. The van der Waals surface area contributed by atoms with Crippen molar-refractivity contribution in [2.75, 3.05) is 0 Å². The number of aliphatic hydroxyl groups is 2. The van der Waals surface area contributed by atoms with Crippen molar-refractivity contribution in [1.29, 1.82) is 0 Å². The zero-order chi connectivity index (χ0) is 25.1. The first-order valence-electron chi connectivity index (χ1n) is 11.1. The lowest BCUT2D eigenvalue weighted by molar-refractivity contribution is 0.0297. The van der Waals surface area contributed by atoms with Crippen LogP contribution >= 0.6 is 0 Å². The predicted octanol–water partition coefficient (Wildman–Crippen LogP) is 4.76. The number of aryl methyl sites for hydroxylation is 2. The van der Waals surface area contributed by atoms with E-state index < -0.39 is 23.8 Å². The molecule has 190 valence electrons. The van der Waals surface area contributed by atoms with Crippen molar-refractivity contribution in [2.24, 2.45) is 0 Å². The largest absolute Gasteiger partial charge is 0.485 e. The number of carbonyl (C=O) groups excluding carboxylic acids is 1. The van der Waals surface area contributed by atoms with Gasteiger partial charge in [-0.15, -0.1) is 0 Å². The molecule has 0 fully saturated rings. The van der Waals surface area contributed by atoms with Crippen molar-refractivity contribution in [2.45, 2.75) is 52.9 Å². The van der Waals surface area contributed by atoms with E-state index in [0.717, 1.165) is 12.1 Å². The average molecular weight is 498 g/mol. The molecule has 0 aliphatic heterocycles. The summed E-state index contributed by atoms with van der Waals surface area (Å²) < 4.78 is 35.2. The van der Waals surface area contributed by atoms with Crippen molar-refractivity contribution in [3.63, 3.8) is 0 Å². The van der Waals surface area contributed by atoms with Gasteiger partial charge in [-0.25, -0.2) is 13.8 Å². The van der Waals surface area contributed by atoms with Gasteiger partial charge in [-0.2, -0.15) is 0 Å². The highest BCUT2D eigenvalue weighted by Gasteiger charge is 2.22. The Bertz CT molecular complexity index is 1350. The lowest BCUT2D eigenvalue weighted by atomic mass is 9.97. The predicted molar refractivity (Wildman–Crippen MR) is 131 cm³/mol. The third-order valence-corrected chi connectivity index (χ3v) is 5.83. The molecule has 4 aromatic rings. The van der Waals surface area contributed by atoms with E-state index >= 15 is 0 Å². The van der Waals surface area contributed by atoms with Gasteiger partial charge in [-0.1, -0.05) is 13.5 Å². The number of ether oxygens (including phenoxy) is 1. The van der Waals surface area contributed by atoms with Crippen molar-refractivity contribution < 1.29 is 28.5 Å². The van der Waals surface area contributed by atoms with E-state index in [1.165, 1.54) is 19.2 Å². The third kappa shape index (κ3) is 5.42. The van der Waals surface area contributed by atoms with Gasteiger partial charge in [0.2, 0.25) is 0 Å². The summed E-state index contributed by atoms with van der Waals surface area (Å²) >= 11 is 0. The highest BCUT2D eigenvalue weighted by molar-refractivity contribution is 5.96. The molecule has 3 aromatic heterocycles. The van der Waals surface area contributed by atoms with Crippen LogP contribution in [-0.4, -0.2) is 36.5 Å². The van der Waals surface area contributed by atoms with E-state index in [9.17, 15) is 23.8 Å². The highest BCUT2D eigenvalue weighted by Crippen LogP contribution is 2.26. The summed E-state index contributed by atoms with van der Waals surface area (Å²) in [7, 11) is 0. The quantitative estimate of drug-likeness (QED) is 0.324. The van der Waals surface area contributed by atoms with Crippen LogP contribution in [0.4, 0.5) is 8.78 Å². The van der Waals surface area contributed by atoms with Crippen LogP contribution in [0.2, 0.25) is 0 Å². The SMILES string of the molecule is C.Cc1nc2c(OCc3c(F)cccc3F)cccn2c1C(=O)CCc1ccncc1[C@@H](O)[C@@H](C)O. The first-order chi connectivity index (χ1) is 16.8. The van der Waals surface area contributed by atoms with E-state index in [0.29, 0.717) is 34.6 Å². The van der Waals surface area contributed by atoms with Gasteiger partial charge in [-0.05, 0) is 56.2 Å². The Morgan fingerprint density at radius 1 is 1.14 bits per heavy atom. The van der Waals surface area contributed by atoms with E-state index in [4.69, 9.17) is 4.74 Å². The van der Waals surface area contributed by atoms with Crippen LogP contribution in [0.25, 0.3) is 5.65 Å². The van der Waals surface area contributed by atoms with Gasteiger partial charge in [0, 0.05) is 30.6 Å². The van der Waals surface area contributed by atoms with Gasteiger partial charge in [-0.3, -0.25) is 14.2 Å². The number of ketones is 1. The molecule has 1 aromatic carbocycles. The number of carbonyl (C=O) groups is 1. The Morgan fingerprint density at radius 2 is 1.86 bits per heavy atom. The topological polar surface area (TPSA) is 97.0 Å². The molecule has 0 saturated heterocycles. The summed E-state index contributed by atoms with van der Waals surface area (Å²) in [5, 5.41) is 20.0. The Balaban J connectivity index is 0.00000361. The summed E-state index contributed by atoms with van der Waals surface area (Å²) in [6.45, 7) is 2.86. The van der Waals surface area contributed by atoms with E-state index in [1.54, 1.807) is 41.9 Å². The fourth-order valence-corrected chi connectivity index (χ4v) is 3.98. The van der Waals surface area contributed by atoms with Crippen LogP contribution in [0.3, 0.4) is 0 Å². The molecule has 0 aliphatic rings. The number of aromatic nitrogens is 3. The summed E-state index contributed by atoms with van der Waals surface area (Å²) in [5.41, 5.74) is 2.21. The van der Waals surface area contributed by atoms with Crippen molar-refractivity contribution in [3.8, 4) is 5.75 Å². The number of hydrogen-bond acceptors (Lipinski definition) is 6. The third-order valence-electron chi connectivity index (χ3n) is 5.83. The van der Waals surface area contributed by atoms with Gasteiger partial charge in [0.05, 0.1) is 17.4 Å². The Kier molecular flexibility index (Phi) is 8.49. The zero-order valence-electron chi connectivity index (χ0n) is 19.3. The maximum absolute atomic E-state index is 14.0. The number of rotatable bonds is 9. The number of fused-ring (bicyclic) bond motifs is 1. The minimum atomic E-state index is -1.11. The van der Waals surface area contributed by atoms with Crippen molar-refractivity contribution in [3.05, 3.63) is 94.7 Å².